The summed E-state index contributed by atoms with van der Waals surface area (Å²) in [6.07, 6.45) is 4.66. The van der Waals surface area contributed by atoms with E-state index in [1.807, 2.05) is 27.7 Å². The van der Waals surface area contributed by atoms with E-state index in [2.05, 4.69) is 4.98 Å². The predicted molar refractivity (Wildman–Crippen MR) is 102 cm³/mol. The molecule has 0 aliphatic carbocycles. The Kier molecular flexibility index (Phi) is 8.84. The van der Waals surface area contributed by atoms with Gasteiger partial charge in [0.25, 0.3) is 0 Å². The summed E-state index contributed by atoms with van der Waals surface area (Å²) in [4.78, 5) is 28.7. The molecule has 0 bridgehead atoms. The molecular weight excluding hydrogens is 350 g/mol. The maximum Gasteiger partial charge on any atom is 0.410 e. The first-order chi connectivity index (χ1) is 12.7. The van der Waals surface area contributed by atoms with Gasteiger partial charge in [0.2, 0.25) is 6.41 Å². The van der Waals surface area contributed by atoms with E-state index in [0.717, 1.165) is 12.8 Å². The number of hydrogen-bond acceptors (Lipinski definition) is 6. The van der Waals surface area contributed by atoms with Crippen molar-refractivity contribution in [1.29, 1.82) is 0 Å². The van der Waals surface area contributed by atoms with E-state index in [-0.39, 0.29) is 12.1 Å². The van der Waals surface area contributed by atoms with Crippen LogP contribution in [0.1, 0.15) is 34.1 Å². The van der Waals surface area contributed by atoms with E-state index in [4.69, 9.17) is 14.2 Å². The molecule has 1 atom stereocenters. The van der Waals surface area contributed by atoms with Gasteiger partial charge in [-0.25, -0.2) is 4.79 Å². The Bertz CT molecular complexity index is 601. The van der Waals surface area contributed by atoms with Crippen molar-refractivity contribution >= 4 is 12.5 Å². The molecule has 8 nitrogen and oxygen atoms in total. The Balaban J connectivity index is 0.000000646. The van der Waals surface area contributed by atoms with E-state index in [1.165, 1.54) is 4.90 Å². The zero-order valence-electron chi connectivity index (χ0n) is 17.1. The number of carbonyl (C=O) groups is 2. The van der Waals surface area contributed by atoms with Crippen molar-refractivity contribution in [2.45, 2.75) is 45.8 Å². The number of nitrogens with zero attached hydrogens (tertiary/aromatic N) is 3. The Morgan fingerprint density at radius 2 is 1.89 bits per heavy atom. The molecule has 0 unspecified atom stereocenters. The van der Waals surface area contributed by atoms with Crippen molar-refractivity contribution in [2.75, 3.05) is 33.9 Å². The Morgan fingerprint density at radius 3 is 2.33 bits per heavy atom. The van der Waals surface area contributed by atoms with Crippen LogP contribution < -0.4 is 9.47 Å². The second-order valence-electron chi connectivity index (χ2n) is 7.29. The Labute approximate surface area is 161 Å². The molecule has 2 amide bonds. The van der Waals surface area contributed by atoms with Gasteiger partial charge in [-0.2, -0.15) is 0 Å². The van der Waals surface area contributed by atoms with Gasteiger partial charge in [0.05, 0.1) is 25.0 Å². The molecule has 0 saturated carbocycles. The van der Waals surface area contributed by atoms with Gasteiger partial charge in [0, 0.05) is 26.7 Å². The first-order valence-electron chi connectivity index (χ1n) is 8.98. The third kappa shape index (κ3) is 8.61. The van der Waals surface area contributed by atoms with Gasteiger partial charge in [-0.15, -0.1) is 0 Å². The van der Waals surface area contributed by atoms with Crippen molar-refractivity contribution in [3.05, 3.63) is 18.5 Å². The number of hydrogen-bond donors (Lipinski definition) is 0. The lowest BCUT2D eigenvalue weighted by Crippen LogP contribution is -2.55. The van der Waals surface area contributed by atoms with Crippen LogP contribution in [0.15, 0.2) is 18.5 Å². The highest BCUT2D eigenvalue weighted by atomic mass is 16.6. The van der Waals surface area contributed by atoms with Crippen LogP contribution in [0, 0.1) is 0 Å². The molecule has 2 heterocycles. The summed E-state index contributed by atoms with van der Waals surface area (Å²) in [7, 11) is 3.38. The fourth-order valence-electron chi connectivity index (χ4n) is 2.09. The molecule has 8 heteroatoms. The van der Waals surface area contributed by atoms with Crippen molar-refractivity contribution in [2.24, 2.45) is 0 Å². The number of pyridine rings is 1. The first kappa shape index (κ1) is 22.5. The smallest absolute Gasteiger partial charge is 0.410 e. The van der Waals surface area contributed by atoms with Crippen LogP contribution in [0.3, 0.4) is 0 Å². The molecule has 0 N–H and O–H groups in total. The van der Waals surface area contributed by atoms with Gasteiger partial charge in [-0.3, -0.25) is 9.78 Å². The monoisotopic (exact) mass is 381 g/mol. The van der Waals surface area contributed by atoms with Crippen LogP contribution in [0.4, 0.5) is 4.79 Å². The molecule has 1 aliphatic rings. The van der Waals surface area contributed by atoms with Crippen molar-refractivity contribution in [3.8, 4) is 11.5 Å². The maximum atomic E-state index is 12.0. The molecular formula is C19H31N3O5. The molecule has 1 fully saturated rings. The lowest BCUT2D eigenvalue weighted by Gasteiger charge is -2.40. The number of likely N-dealkylation sites (tertiary alicyclic amines) is 1. The van der Waals surface area contributed by atoms with Gasteiger partial charge in [0.1, 0.15) is 23.7 Å². The number of carbonyl (C=O) groups excluding carboxylic acids is 2. The third-order valence-corrected chi connectivity index (χ3v) is 3.42. The summed E-state index contributed by atoms with van der Waals surface area (Å²) < 4.78 is 16.5. The van der Waals surface area contributed by atoms with Crippen LogP contribution in [0.5, 0.6) is 11.5 Å². The predicted octanol–water partition coefficient (Wildman–Crippen LogP) is 2.57. The minimum absolute atomic E-state index is 0.0469. The molecule has 0 spiro atoms. The van der Waals surface area contributed by atoms with Crippen LogP contribution >= 0.6 is 0 Å². The van der Waals surface area contributed by atoms with Crippen LogP contribution in [-0.4, -0.2) is 72.8 Å². The quantitative estimate of drug-likeness (QED) is 0.705. The van der Waals surface area contributed by atoms with Gasteiger partial charge in [-0.1, -0.05) is 0 Å². The van der Waals surface area contributed by atoms with Crippen molar-refractivity contribution < 1.29 is 23.8 Å². The fraction of sp³-hybridized carbons (Fsp3) is 0.632. The molecule has 27 heavy (non-hydrogen) atoms. The molecule has 1 aromatic heterocycles. The van der Waals surface area contributed by atoms with Crippen molar-refractivity contribution in [1.82, 2.24) is 14.8 Å². The number of aromatic nitrogens is 1. The Hall–Kier alpha value is -2.51. The highest BCUT2D eigenvalue weighted by molar-refractivity contribution is 5.69. The van der Waals surface area contributed by atoms with Crippen LogP contribution in [-0.2, 0) is 9.53 Å². The van der Waals surface area contributed by atoms with E-state index in [9.17, 15) is 9.59 Å². The Morgan fingerprint density at radius 1 is 1.30 bits per heavy atom. The molecule has 1 aliphatic heterocycles. The van der Waals surface area contributed by atoms with E-state index >= 15 is 0 Å². The van der Waals surface area contributed by atoms with Gasteiger partial charge in [-0.05, 0) is 34.1 Å². The minimum Gasteiger partial charge on any atom is -0.492 e. The zero-order chi connectivity index (χ0) is 20.4. The van der Waals surface area contributed by atoms with Crippen LogP contribution in [0.2, 0.25) is 0 Å². The van der Waals surface area contributed by atoms with Crippen molar-refractivity contribution in [3.63, 3.8) is 0 Å². The maximum absolute atomic E-state index is 12.0. The minimum atomic E-state index is -0.478. The molecule has 0 aromatic carbocycles. The molecule has 1 saturated heterocycles. The van der Waals surface area contributed by atoms with Gasteiger partial charge >= 0.3 is 6.09 Å². The summed E-state index contributed by atoms with van der Waals surface area (Å²) >= 11 is 0. The SMILES string of the molecule is CCOc1cncc(OC[C@@H]2CCN2C(=O)OC(C)(C)C)c1.CN(C)C=O. The average molecular weight is 381 g/mol. The second-order valence-corrected chi connectivity index (χ2v) is 7.29. The third-order valence-electron chi connectivity index (χ3n) is 3.42. The van der Waals surface area contributed by atoms with E-state index < -0.39 is 5.60 Å². The number of ether oxygens (including phenoxy) is 3. The molecule has 0 radical (unpaired) electrons. The van der Waals surface area contributed by atoms with Gasteiger partial charge < -0.3 is 24.0 Å². The molecule has 2 rings (SSSR count). The standard InChI is InChI=1S/C16H24N2O4.C3H7NO/c1-5-20-13-8-14(10-17-9-13)21-11-12-6-7-18(12)15(19)22-16(2,3)4;1-4(2)3-5/h8-10,12H,5-7,11H2,1-4H3;3H,1-2H3/t12-;/m0./s1. The average Bonchev–Trinajstić information content (AvgIpc) is 2.53. The topological polar surface area (TPSA) is 81.2 Å². The van der Waals surface area contributed by atoms with E-state index in [1.54, 1.807) is 37.5 Å². The normalized spacial score (nSPS) is 15.6. The second kappa shape index (κ2) is 10.6. The largest absolute Gasteiger partial charge is 0.492 e. The lowest BCUT2D eigenvalue weighted by molar-refractivity contribution is -0.115. The van der Waals surface area contributed by atoms with Crippen LogP contribution in [0.25, 0.3) is 0 Å². The first-order valence-corrected chi connectivity index (χ1v) is 8.98. The summed E-state index contributed by atoms with van der Waals surface area (Å²) in [6, 6.07) is 1.85. The van der Waals surface area contributed by atoms with Gasteiger partial charge in [0.15, 0.2) is 0 Å². The summed E-state index contributed by atoms with van der Waals surface area (Å²) in [6.45, 7) is 9.22. The number of amides is 2. The summed E-state index contributed by atoms with van der Waals surface area (Å²) in [5.41, 5.74) is -0.478. The highest BCUT2D eigenvalue weighted by Crippen LogP contribution is 2.23. The lowest BCUT2D eigenvalue weighted by atomic mass is 10.1. The van der Waals surface area contributed by atoms with E-state index in [0.29, 0.717) is 31.3 Å². The fourth-order valence-corrected chi connectivity index (χ4v) is 2.09. The molecule has 152 valence electrons. The number of rotatable bonds is 6. The summed E-state index contributed by atoms with van der Waals surface area (Å²) in [5.74, 6) is 1.32. The summed E-state index contributed by atoms with van der Waals surface area (Å²) in [5, 5.41) is 0. The zero-order valence-corrected chi connectivity index (χ0v) is 17.1. The molecule has 1 aromatic rings. The highest BCUT2D eigenvalue weighted by Gasteiger charge is 2.35.